The molecule has 2 N–H and O–H groups in total. The van der Waals surface area contributed by atoms with Crippen LogP contribution < -0.4 is 10.6 Å². The molecule has 1 heterocycles. The van der Waals surface area contributed by atoms with Crippen LogP contribution in [0.5, 0.6) is 0 Å². The number of carbonyl (C=O) groups is 1. The number of amides is 1. The normalized spacial score (nSPS) is 16.5. The number of aliphatic imine (C=N–C) groups is 1. The fourth-order valence-corrected chi connectivity index (χ4v) is 4.01. The average Bonchev–Trinajstić information content (AvgIpc) is 2.56. The molecular weight excluding hydrogens is 509 g/mol. The van der Waals surface area contributed by atoms with E-state index in [1.807, 2.05) is 46.4 Å². The molecule has 11 heteroatoms. The summed E-state index contributed by atoms with van der Waals surface area (Å²) < 4.78 is 31.8. The van der Waals surface area contributed by atoms with Crippen LogP contribution in [-0.2, 0) is 19.6 Å². The summed E-state index contributed by atoms with van der Waals surface area (Å²) >= 11 is 0. The quantitative estimate of drug-likeness (QED) is 0.266. The third-order valence-corrected chi connectivity index (χ3v) is 5.78. The van der Waals surface area contributed by atoms with Gasteiger partial charge in [-0.1, -0.05) is 0 Å². The van der Waals surface area contributed by atoms with Crippen molar-refractivity contribution in [2.75, 3.05) is 51.6 Å². The summed E-state index contributed by atoms with van der Waals surface area (Å²) in [7, 11) is -3.33. The van der Waals surface area contributed by atoms with Gasteiger partial charge in [0, 0.05) is 38.3 Å². The number of hydrogen-bond donors (Lipinski definition) is 2. The van der Waals surface area contributed by atoms with Gasteiger partial charge in [0.2, 0.25) is 15.9 Å². The van der Waals surface area contributed by atoms with E-state index in [1.54, 1.807) is 0 Å². The Hall–Kier alpha value is -0.660. The number of piperazine rings is 1. The zero-order valence-corrected chi connectivity index (χ0v) is 21.7. The molecule has 1 fully saturated rings. The predicted octanol–water partition coefficient (Wildman–Crippen LogP) is 0.857. The molecular formula is C18H38IN5O4S. The maximum Gasteiger partial charge on any atom is 0.242 e. The number of nitrogens with zero attached hydrogens (tertiary/aromatic N) is 3. The lowest BCUT2D eigenvalue weighted by molar-refractivity contribution is -0.121. The molecule has 9 nitrogen and oxygen atoms in total. The van der Waals surface area contributed by atoms with Gasteiger partial charge in [-0.25, -0.2) is 13.4 Å². The van der Waals surface area contributed by atoms with Gasteiger partial charge < -0.3 is 20.3 Å². The number of hydrogen-bond acceptors (Lipinski definition) is 5. The Balaban J connectivity index is 0.00000784. The summed E-state index contributed by atoms with van der Waals surface area (Å²) in [5.41, 5.74) is -0.301. The molecule has 0 bridgehead atoms. The molecule has 1 aliphatic rings. The van der Waals surface area contributed by atoms with Gasteiger partial charge in [-0.05, 0) is 41.5 Å². The maximum absolute atomic E-state index is 12.4. The third kappa shape index (κ3) is 11.3. The smallest absolute Gasteiger partial charge is 0.242 e. The van der Waals surface area contributed by atoms with Gasteiger partial charge in [0.15, 0.2) is 5.96 Å². The third-order valence-electron chi connectivity index (χ3n) is 3.95. The van der Waals surface area contributed by atoms with Crippen molar-refractivity contribution in [2.24, 2.45) is 4.99 Å². The van der Waals surface area contributed by atoms with Gasteiger partial charge in [-0.15, -0.1) is 24.0 Å². The lowest BCUT2D eigenvalue weighted by Gasteiger charge is -2.36. The van der Waals surface area contributed by atoms with Crippen LogP contribution in [0.25, 0.3) is 0 Å². The molecule has 29 heavy (non-hydrogen) atoms. The van der Waals surface area contributed by atoms with Crippen LogP contribution in [0.4, 0.5) is 0 Å². The molecule has 0 aliphatic carbocycles. The Morgan fingerprint density at radius 1 is 1.17 bits per heavy atom. The number of halogens is 1. The van der Waals surface area contributed by atoms with Crippen LogP contribution >= 0.6 is 24.0 Å². The summed E-state index contributed by atoms with van der Waals surface area (Å²) in [6.45, 7) is 14.2. The van der Waals surface area contributed by atoms with Gasteiger partial charge in [-0.3, -0.25) is 4.79 Å². The number of carbonyl (C=O) groups excluding carboxylic acids is 1. The molecule has 1 aliphatic heterocycles. The van der Waals surface area contributed by atoms with E-state index in [0.29, 0.717) is 38.7 Å². The summed E-state index contributed by atoms with van der Waals surface area (Å²) in [4.78, 5) is 18.4. The van der Waals surface area contributed by atoms with Gasteiger partial charge in [0.25, 0.3) is 0 Å². The van der Waals surface area contributed by atoms with Crippen LogP contribution in [0, 0.1) is 0 Å². The highest BCUT2D eigenvalue weighted by atomic mass is 127. The van der Waals surface area contributed by atoms with E-state index in [9.17, 15) is 13.2 Å². The summed E-state index contributed by atoms with van der Waals surface area (Å²) in [6, 6.07) is 0. The Morgan fingerprint density at radius 3 is 2.24 bits per heavy atom. The molecule has 0 aromatic carbocycles. The molecule has 0 saturated carbocycles. The first-order valence-corrected chi connectivity index (χ1v) is 11.5. The lowest BCUT2D eigenvalue weighted by atomic mass is 10.1. The van der Waals surface area contributed by atoms with Crippen molar-refractivity contribution in [3.8, 4) is 0 Å². The molecule has 0 unspecified atom stereocenters. The second kappa shape index (κ2) is 12.9. The molecule has 0 aromatic rings. The first-order valence-electron chi connectivity index (χ1n) is 9.88. The fourth-order valence-electron chi connectivity index (χ4n) is 2.73. The molecule has 0 spiro atoms. The number of sulfonamides is 1. The van der Waals surface area contributed by atoms with E-state index in [2.05, 4.69) is 15.6 Å². The number of guanidine groups is 1. The largest absolute Gasteiger partial charge is 0.378 e. The Kier molecular flexibility index (Phi) is 12.6. The fraction of sp³-hybridized carbons (Fsp3) is 0.889. The highest BCUT2D eigenvalue weighted by Crippen LogP contribution is 2.09. The highest BCUT2D eigenvalue weighted by molar-refractivity contribution is 14.0. The Labute approximate surface area is 193 Å². The SMILES string of the molecule is CCNC(=NCC(=O)NC(C)(C)C)N1CCN(S(=O)(=O)CCOC(C)C)CC1.I. The van der Waals surface area contributed by atoms with Gasteiger partial charge in [0.1, 0.15) is 6.54 Å². The number of rotatable bonds is 8. The second-order valence-electron chi connectivity index (χ2n) is 8.09. The minimum Gasteiger partial charge on any atom is -0.378 e. The second-order valence-corrected chi connectivity index (χ2v) is 10.2. The number of nitrogens with one attached hydrogen (secondary N) is 2. The van der Waals surface area contributed by atoms with Crippen molar-refractivity contribution in [1.82, 2.24) is 19.8 Å². The van der Waals surface area contributed by atoms with Gasteiger partial charge >= 0.3 is 0 Å². The summed E-state index contributed by atoms with van der Waals surface area (Å²) in [5.74, 6) is 0.479. The Bertz CT molecular complexity index is 627. The molecule has 1 rings (SSSR count). The predicted molar refractivity (Wildman–Crippen MR) is 127 cm³/mol. The molecule has 0 atom stereocenters. The number of ether oxygens (including phenoxy) is 1. The van der Waals surface area contributed by atoms with Gasteiger partial charge in [-0.2, -0.15) is 4.31 Å². The Morgan fingerprint density at radius 2 is 1.76 bits per heavy atom. The van der Waals surface area contributed by atoms with Crippen molar-refractivity contribution in [2.45, 2.75) is 53.2 Å². The molecule has 172 valence electrons. The van der Waals surface area contributed by atoms with E-state index in [-0.39, 0.29) is 60.4 Å². The molecule has 0 radical (unpaired) electrons. The minimum atomic E-state index is -3.33. The van der Waals surface area contributed by atoms with Crippen molar-refractivity contribution in [3.63, 3.8) is 0 Å². The van der Waals surface area contributed by atoms with E-state index in [0.717, 1.165) is 0 Å². The monoisotopic (exact) mass is 547 g/mol. The van der Waals surface area contributed by atoms with Crippen LogP contribution in [-0.4, -0.2) is 92.8 Å². The van der Waals surface area contributed by atoms with Crippen LogP contribution in [0.15, 0.2) is 4.99 Å². The minimum absolute atomic E-state index is 0. The molecule has 1 amide bonds. The molecule has 1 saturated heterocycles. The maximum atomic E-state index is 12.4. The highest BCUT2D eigenvalue weighted by Gasteiger charge is 2.28. The first kappa shape index (κ1) is 28.3. The van der Waals surface area contributed by atoms with E-state index in [1.165, 1.54) is 4.31 Å². The van der Waals surface area contributed by atoms with Crippen molar-refractivity contribution >= 4 is 45.9 Å². The van der Waals surface area contributed by atoms with Crippen LogP contribution in [0.1, 0.15) is 41.5 Å². The topological polar surface area (TPSA) is 103 Å². The molecule has 0 aromatic heterocycles. The van der Waals surface area contributed by atoms with Crippen LogP contribution in [0.3, 0.4) is 0 Å². The van der Waals surface area contributed by atoms with Crippen molar-refractivity contribution in [3.05, 3.63) is 0 Å². The zero-order valence-electron chi connectivity index (χ0n) is 18.5. The van der Waals surface area contributed by atoms with Crippen molar-refractivity contribution < 1.29 is 17.9 Å². The van der Waals surface area contributed by atoms with Crippen LogP contribution in [0.2, 0.25) is 0 Å². The average molecular weight is 548 g/mol. The summed E-state index contributed by atoms with van der Waals surface area (Å²) in [6.07, 6.45) is 0.0152. The van der Waals surface area contributed by atoms with Gasteiger partial charge in [0.05, 0.1) is 18.5 Å². The summed E-state index contributed by atoms with van der Waals surface area (Å²) in [5, 5.41) is 6.06. The first-order chi connectivity index (χ1) is 12.9. The lowest BCUT2D eigenvalue weighted by Crippen LogP contribution is -2.54. The van der Waals surface area contributed by atoms with E-state index >= 15 is 0 Å². The van der Waals surface area contributed by atoms with E-state index in [4.69, 9.17) is 4.74 Å². The standard InChI is InChI=1S/C18H37N5O4S.HI/c1-7-19-17(20-14-16(24)21-18(4,5)6)22-8-10-23(11-9-22)28(25,26)13-12-27-15(2)3;/h15H,7-14H2,1-6H3,(H,19,20)(H,21,24);1H. The zero-order chi connectivity index (χ0) is 21.4. The van der Waals surface area contributed by atoms with Crippen molar-refractivity contribution in [1.29, 1.82) is 0 Å². The van der Waals surface area contributed by atoms with E-state index < -0.39 is 10.0 Å².